The molecular formula is C66H111NO8. The maximum absolute atomic E-state index is 12.8. The standard InChI is InChI=1S/C66H111NO8/c1-6-8-10-12-14-16-18-20-22-24-26-28-29-30-31-32-33-34-35-37-39-41-43-45-47-49-51-53-55-57-64(69)75-62(61-74-66(65(70)71)72-59-58-67(3,4)5)60-73-63(68)56-54-52-50-48-46-44-42-40-38-36-27-25-23-21-19-17-15-13-11-9-7-2/h8,10,14,16,20,22,26,28,30-31,33-34,37,39,43,45,49,51,62,66H,6-7,9,11-13,15,17-19,21,23-25,27,29,32,35-36,38,40-42,44,46-48,50,52-61H2,1-5H3/b10-8-,16-14-,22-20-,28-26-,31-30-,34-33-,39-37-,45-43-,51-49-. The number of rotatable bonds is 54. The predicted molar refractivity (Wildman–Crippen MR) is 315 cm³/mol. The maximum Gasteiger partial charge on any atom is 0.306 e. The van der Waals surface area contributed by atoms with Gasteiger partial charge in [-0.15, -0.1) is 0 Å². The number of aliphatic carboxylic acids is 1. The molecule has 9 heteroatoms. The summed E-state index contributed by atoms with van der Waals surface area (Å²) in [6.07, 6.45) is 74.3. The molecule has 0 amide bonds. The minimum absolute atomic E-state index is 0.132. The van der Waals surface area contributed by atoms with Gasteiger partial charge in [0, 0.05) is 12.8 Å². The zero-order valence-electron chi connectivity index (χ0n) is 48.6. The normalized spacial score (nSPS) is 13.6. The summed E-state index contributed by atoms with van der Waals surface area (Å²) in [5, 5.41) is 11.8. The third-order valence-electron chi connectivity index (χ3n) is 12.5. The van der Waals surface area contributed by atoms with Crippen molar-refractivity contribution in [2.75, 3.05) is 47.5 Å². The van der Waals surface area contributed by atoms with E-state index in [1.165, 1.54) is 116 Å². The predicted octanol–water partition coefficient (Wildman–Crippen LogP) is 16.6. The number of unbranched alkanes of at least 4 members (excludes halogenated alkanes) is 21. The number of likely N-dealkylation sites (N-methyl/N-ethyl adjacent to an activating group) is 1. The minimum Gasteiger partial charge on any atom is -0.545 e. The van der Waals surface area contributed by atoms with Crippen molar-refractivity contribution in [3.63, 3.8) is 0 Å². The highest BCUT2D eigenvalue weighted by atomic mass is 16.7. The highest BCUT2D eigenvalue weighted by Crippen LogP contribution is 2.16. The van der Waals surface area contributed by atoms with Crippen molar-refractivity contribution < 1.29 is 42.9 Å². The van der Waals surface area contributed by atoms with Gasteiger partial charge in [-0.3, -0.25) is 9.59 Å². The van der Waals surface area contributed by atoms with Crippen LogP contribution < -0.4 is 5.11 Å². The van der Waals surface area contributed by atoms with E-state index in [2.05, 4.69) is 123 Å². The number of quaternary nitrogens is 1. The molecule has 2 atom stereocenters. The average Bonchev–Trinajstić information content (AvgIpc) is 3.38. The van der Waals surface area contributed by atoms with Gasteiger partial charge in [0.25, 0.3) is 0 Å². The smallest absolute Gasteiger partial charge is 0.306 e. The fraction of sp³-hybridized carbons (Fsp3) is 0.682. The molecule has 0 radical (unpaired) electrons. The van der Waals surface area contributed by atoms with Gasteiger partial charge in [-0.25, -0.2) is 0 Å². The lowest BCUT2D eigenvalue weighted by molar-refractivity contribution is -0.870. The quantitative estimate of drug-likeness (QED) is 0.0195. The van der Waals surface area contributed by atoms with E-state index in [-0.39, 0.29) is 38.6 Å². The first kappa shape index (κ1) is 71.0. The third-order valence-corrected chi connectivity index (χ3v) is 12.5. The summed E-state index contributed by atoms with van der Waals surface area (Å²) in [4.78, 5) is 37.3. The van der Waals surface area contributed by atoms with E-state index >= 15 is 0 Å². The second kappa shape index (κ2) is 56.2. The zero-order chi connectivity index (χ0) is 54.8. The fourth-order valence-corrected chi connectivity index (χ4v) is 7.95. The van der Waals surface area contributed by atoms with Gasteiger partial charge in [0.05, 0.1) is 40.3 Å². The Kier molecular flexibility index (Phi) is 53.1. The molecule has 0 rings (SSSR count). The first-order valence-electron chi connectivity index (χ1n) is 30.0. The lowest BCUT2D eigenvalue weighted by Crippen LogP contribution is -2.44. The van der Waals surface area contributed by atoms with Gasteiger partial charge < -0.3 is 33.3 Å². The molecule has 0 heterocycles. The number of carbonyl (C=O) groups excluding carboxylic acids is 3. The Balaban J connectivity index is 4.37. The van der Waals surface area contributed by atoms with E-state index in [1.807, 2.05) is 21.1 Å². The van der Waals surface area contributed by atoms with Gasteiger partial charge >= 0.3 is 11.9 Å². The molecule has 0 aromatic heterocycles. The van der Waals surface area contributed by atoms with E-state index in [4.69, 9.17) is 18.9 Å². The Morgan fingerprint density at radius 2 is 0.760 bits per heavy atom. The molecule has 0 spiro atoms. The Bertz CT molecular complexity index is 1590. The van der Waals surface area contributed by atoms with Crippen LogP contribution in [0, 0.1) is 0 Å². The number of hydrogen-bond donors (Lipinski definition) is 0. The van der Waals surface area contributed by atoms with Gasteiger partial charge in [-0.2, -0.15) is 0 Å². The molecule has 75 heavy (non-hydrogen) atoms. The molecule has 0 aliphatic rings. The number of hydrogen-bond acceptors (Lipinski definition) is 8. The fourth-order valence-electron chi connectivity index (χ4n) is 7.95. The van der Waals surface area contributed by atoms with E-state index in [1.54, 1.807) is 0 Å². The summed E-state index contributed by atoms with van der Waals surface area (Å²) in [5.74, 6) is -2.37. The van der Waals surface area contributed by atoms with Crippen LogP contribution in [-0.2, 0) is 33.3 Å². The Morgan fingerprint density at radius 1 is 0.413 bits per heavy atom. The molecule has 9 nitrogen and oxygen atoms in total. The van der Waals surface area contributed by atoms with Crippen LogP contribution in [0.1, 0.15) is 232 Å². The monoisotopic (exact) mass is 1050 g/mol. The van der Waals surface area contributed by atoms with Gasteiger partial charge in [0.1, 0.15) is 13.2 Å². The Morgan fingerprint density at radius 3 is 1.12 bits per heavy atom. The summed E-state index contributed by atoms with van der Waals surface area (Å²) in [6, 6.07) is 0. The second-order valence-electron chi connectivity index (χ2n) is 20.9. The highest BCUT2D eigenvalue weighted by Gasteiger charge is 2.22. The average molecular weight is 1050 g/mol. The van der Waals surface area contributed by atoms with Crippen LogP contribution in [-0.4, -0.2) is 82.3 Å². The molecular weight excluding hydrogens is 935 g/mol. The number of carboxylic acids is 1. The van der Waals surface area contributed by atoms with E-state index < -0.39 is 24.3 Å². The van der Waals surface area contributed by atoms with Gasteiger partial charge in [0.2, 0.25) is 0 Å². The van der Waals surface area contributed by atoms with Crippen LogP contribution in [0.5, 0.6) is 0 Å². The van der Waals surface area contributed by atoms with Crippen LogP contribution >= 0.6 is 0 Å². The van der Waals surface area contributed by atoms with Crippen LogP contribution in [0.3, 0.4) is 0 Å². The lowest BCUT2D eigenvalue weighted by atomic mass is 10.0. The summed E-state index contributed by atoms with van der Waals surface area (Å²) in [6.45, 7) is 4.58. The number of nitrogens with zero attached hydrogens (tertiary/aromatic N) is 1. The van der Waals surface area contributed by atoms with Crippen LogP contribution in [0.4, 0.5) is 0 Å². The van der Waals surface area contributed by atoms with Gasteiger partial charge in [-0.05, 0) is 77.0 Å². The Hall–Kier alpha value is -4.05. The van der Waals surface area contributed by atoms with Crippen molar-refractivity contribution in [1.82, 2.24) is 0 Å². The minimum atomic E-state index is -1.64. The molecule has 0 aliphatic carbocycles. The molecule has 0 bridgehead atoms. The second-order valence-corrected chi connectivity index (χ2v) is 20.9. The lowest BCUT2D eigenvalue weighted by Gasteiger charge is -2.26. The van der Waals surface area contributed by atoms with Crippen molar-refractivity contribution >= 4 is 17.9 Å². The van der Waals surface area contributed by atoms with Gasteiger partial charge in [0.15, 0.2) is 12.4 Å². The highest BCUT2D eigenvalue weighted by molar-refractivity contribution is 5.70. The number of carboxylic acid groups (broad SMARTS) is 1. The van der Waals surface area contributed by atoms with Crippen molar-refractivity contribution in [2.45, 2.75) is 245 Å². The number of allylic oxidation sites excluding steroid dienone is 18. The topological polar surface area (TPSA) is 111 Å². The molecule has 0 aliphatic heterocycles. The Labute approximate surface area is 460 Å². The molecule has 428 valence electrons. The summed E-state index contributed by atoms with van der Waals surface area (Å²) >= 11 is 0. The third kappa shape index (κ3) is 57.5. The largest absolute Gasteiger partial charge is 0.545 e. The van der Waals surface area contributed by atoms with E-state index in [0.29, 0.717) is 23.9 Å². The van der Waals surface area contributed by atoms with Crippen molar-refractivity contribution in [2.24, 2.45) is 0 Å². The molecule has 0 N–H and O–H groups in total. The summed E-state index contributed by atoms with van der Waals surface area (Å²) in [7, 11) is 5.90. The molecule has 0 saturated heterocycles. The van der Waals surface area contributed by atoms with Crippen molar-refractivity contribution in [3.8, 4) is 0 Å². The number of ether oxygens (including phenoxy) is 4. The summed E-state index contributed by atoms with van der Waals surface area (Å²) < 4.78 is 22.6. The first-order chi connectivity index (χ1) is 36.6. The zero-order valence-corrected chi connectivity index (χ0v) is 48.6. The molecule has 0 saturated carbocycles. The van der Waals surface area contributed by atoms with Crippen LogP contribution in [0.25, 0.3) is 0 Å². The van der Waals surface area contributed by atoms with Crippen LogP contribution in [0.15, 0.2) is 109 Å². The summed E-state index contributed by atoms with van der Waals surface area (Å²) in [5.41, 5.74) is 0. The maximum atomic E-state index is 12.8. The molecule has 0 aromatic carbocycles. The molecule has 0 fully saturated rings. The van der Waals surface area contributed by atoms with Gasteiger partial charge in [-0.1, -0.05) is 252 Å². The number of esters is 2. The first-order valence-corrected chi connectivity index (χ1v) is 30.0. The van der Waals surface area contributed by atoms with Crippen molar-refractivity contribution in [3.05, 3.63) is 109 Å². The van der Waals surface area contributed by atoms with E-state index in [0.717, 1.165) is 77.0 Å². The SMILES string of the molecule is CC/C=C\C/C=C\C/C=C\C/C=C\C/C=C\C/C=C\C/C=C\C/C=C\C/C=C\CCCC(=O)OC(COC(=O)CCCCCCCCCCCCCCCCCCCCCCC)COC(OCC[N+](C)(C)C)C(=O)[O-]. The van der Waals surface area contributed by atoms with Crippen molar-refractivity contribution in [1.29, 1.82) is 0 Å². The number of carbonyl (C=O) groups is 3. The molecule has 2 unspecified atom stereocenters. The van der Waals surface area contributed by atoms with E-state index in [9.17, 15) is 19.5 Å². The van der Waals surface area contributed by atoms with Crippen LogP contribution in [0.2, 0.25) is 0 Å². The molecule has 0 aromatic rings.